The quantitative estimate of drug-likeness (QED) is 0.612. The molecule has 1 N–H and O–H groups in total. The zero-order valence-electron chi connectivity index (χ0n) is 10.7. The van der Waals surface area contributed by atoms with Crippen LogP contribution in [0.2, 0.25) is 0 Å². The fourth-order valence-electron chi connectivity index (χ4n) is 1.52. The minimum atomic E-state index is -0.0210. The Hall–Kier alpha value is -1.42. The number of amides is 1. The summed E-state index contributed by atoms with van der Waals surface area (Å²) in [4.78, 5) is 11.6. The molecule has 1 rings (SSSR count). The van der Waals surface area contributed by atoms with Gasteiger partial charge in [-0.1, -0.05) is 0 Å². The number of hydrogen-bond donors (Lipinski definition) is 1. The lowest BCUT2D eigenvalue weighted by Crippen LogP contribution is -2.11. The molecule has 0 aromatic heterocycles. The summed E-state index contributed by atoms with van der Waals surface area (Å²) in [7, 11) is 3.13. The van der Waals surface area contributed by atoms with Crippen molar-refractivity contribution in [3.05, 3.63) is 18.2 Å². The first-order chi connectivity index (χ1) is 8.71. The average Bonchev–Trinajstić information content (AvgIpc) is 2.39. The van der Waals surface area contributed by atoms with Crippen LogP contribution in [0.15, 0.2) is 18.2 Å². The third-order valence-corrected chi connectivity index (χ3v) is 2.72. The Labute approximate surface area is 112 Å². The van der Waals surface area contributed by atoms with Crippen molar-refractivity contribution >= 4 is 23.2 Å². The van der Waals surface area contributed by atoms with Crippen molar-refractivity contribution in [1.82, 2.24) is 0 Å². The predicted octanol–water partition coefficient (Wildman–Crippen LogP) is 3.05. The van der Waals surface area contributed by atoms with Crippen molar-refractivity contribution in [3.63, 3.8) is 0 Å². The van der Waals surface area contributed by atoms with Gasteiger partial charge in [0, 0.05) is 24.1 Å². The van der Waals surface area contributed by atoms with E-state index in [-0.39, 0.29) is 5.91 Å². The Kier molecular flexibility index (Phi) is 6.36. The number of nitrogens with one attached hydrogen (secondary N) is 1. The Morgan fingerprint density at radius 3 is 2.56 bits per heavy atom. The van der Waals surface area contributed by atoms with E-state index < -0.39 is 0 Å². The standard InChI is InChI=1S/C13H18ClNO3/c1-17-11-7-6-10(9-12(11)18-2)15-13(16)5-3-4-8-14/h6-7,9H,3-5,8H2,1-2H3,(H,15,16). The minimum Gasteiger partial charge on any atom is -0.493 e. The molecule has 1 amide bonds. The Bertz CT molecular complexity index is 396. The molecule has 0 bridgehead atoms. The zero-order valence-corrected chi connectivity index (χ0v) is 11.4. The molecule has 4 nitrogen and oxygen atoms in total. The number of hydrogen-bond acceptors (Lipinski definition) is 3. The van der Waals surface area contributed by atoms with Crippen LogP contribution < -0.4 is 14.8 Å². The Morgan fingerprint density at radius 2 is 1.94 bits per heavy atom. The lowest BCUT2D eigenvalue weighted by atomic mass is 10.2. The first-order valence-corrected chi connectivity index (χ1v) is 6.32. The molecule has 0 radical (unpaired) electrons. The first-order valence-electron chi connectivity index (χ1n) is 5.79. The van der Waals surface area contributed by atoms with Gasteiger partial charge in [0.25, 0.3) is 0 Å². The summed E-state index contributed by atoms with van der Waals surface area (Å²) >= 11 is 5.56. The second kappa shape index (κ2) is 7.82. The van der Waals surface area contributed by atoms with Gasteiger partial charge < -0.3 is 14.8 Å². The van der Waals surface area contributed by atoms with Crippen LogP contribution in [0.5, 0.6) is 11.5 Å². The van der Waals surface area contributed by atoms with E-state index in [1.54, 1.807) is 32.4 Å². The number of alkyl halides is 1. The minimum absolute atomic E-state index is 0.0210. The molecule has 0 heterocycles. The monoisotopic (exact) mass is 271 g/mol. The third kappa shape index (κ3) is 4.45. The number of unbranched alkanes of at least 4 members (excludes halogenated alkanes) is 1. The molecule has 0 aliphatic heterocycles. The first kappa shape index (κ1) is 14.6. The van der Waals surface area contributed by atoms with E-state index in [9.17, 15) is 4.79 Å². The number of anilines is 1. The summed E-state index contributed by atoms with van der Waals surface area (Å²) in [5, 5.41) is 2.81. The maximum atomic E-state index is 11.6. The van der Waals surface area contributed by atoms with Gasteiger partial charge in [0.15, 0.2) is 11.5 Å². The highest BCUT2D eigenvalue weighted by atomic mass is 35.5. The highest BCUT2D eigenvalue weighted by Gasteiger charge is 2.07. The van der Waals surface area contributed by atoms with Crippen LogP contribution >= 0.6 is 11.6 Å². The number of methoxy groups -OCH3 is 2. The summed E-state index contributed by atoms with van der Waals surface area (Å²) < 4.78 is 10.3. The van der Waals surface area contributed by atoms with Crippen molar-refractivity contribution in [1.29, 1.82) is 0 Å². The van der Waals surface area contributed by atoms with Crippen molar-refractivity contribution in [2.24, 2.45) is 0 Å². The van der Waals surface area contributed by atoms with Crippen LogP contribution in [0.3, 0.4) is 0 Å². The Morgan fingerprint density at radius 1 is 1.22 bits per heavy atom. The van der Waals surface area contributed by atoms with E-state index in [1.807, 2.05) is 0 Å². The van der Waals surface area contributed by atoms with Gasteiger partial charge in [-0.15, -0.1) is 11.6 Å². The van der Waals surface area contributed by atoms with Gasteiger partial charge in [0.1, 0.15) is 0 Å². The maximum absolute atomic E-state index is 11.6. The molecule has 0 saturated heterocycles. The normalized spacial score (nSPS) is 9.94. The molecule has 0 aliphatic carbocycles. The summed E-state index contributed by atoms with van der Waals surface area (Å²) in [6, 6.07) is 5.27. The highest BCUT2D eigenvalue weighted by molar-refractivity contribution is 6.17. The molecule has 18 heavy (non-hydrogen) atoms. The summed E-state index contributed by atoms with van der Waals surface area (Å²) in [6.07, 6.45) is 2.12. The number of ether oxygens (including phenoxy) is 2. The molecular weight excluding hydrogens is 254 g/mol. The molecule has 100 valence electrons. The molecule has 0 fully saturated rings. The summed E-state index contributed by atoms with van der Waals surface area (Å²) in [5.41, 5.74) is 0.698. The molecule has 1 aromatic rings. The van der Waals surface area contributed by atoms with E-state index >= 15 is 0 Å². The van der Waals surface area contributed by atoms with Crippen LogP contribution in [0.4, 0.5) is 5.69 Å². The van der Waals surface area contributed by atoms with Crippen molar-refractivity contribution < 1.29 is 14.3 Å². The number of carbonyl (C=O) groups is 1. The highest BCUT2D eigenvalue weighted by Crippen LogP contribution is 2.29. The summed E-state index contributed by atoms with van der Waals surface area (Å²) in [5.74, 6) is 1.80. The third-order valence-electron chi connectivity index (χ3n) is 2.45. The second-order valence-electron chi connectivity index (χ2n) is 3.76. The maximum Gasteiger partial charge on any atom is 0.224 e. The van der Waals surface area contributed by atoms with Crippen LogP contribution in [-0.2, 0) is 4.79 Å². The van der Waals surface area contributed by atoms with Gasteiger partial charge in [-0.25, -0.2) is 0 Å². The van der Waals surface area contributed by atoms with E-state index in [0.29, 0.717) is 29.5 Å². The molecule has 5 heteroatoms. The van der Waals surface area contributed by atoms with Crippen molar-refractivity contribution in [2.75, 3.05) is 25.4 Å². The lowest BCUT2D eigenvalue weighted by molar-refractivity contribution is -0.116. The van der Waals surface area contributed by atoms with E-state index in [0.717, 1.165) is 12.8 Å². The van der Waals surface area contributed by atoms with E-state index in [2.05, 4.69) is 5.32 Å². The molecule has 0 unspecified atom stereocenters. The smallest absolute Gasteiger partial charge is 0.224 e. The SMILES string of the molecule is COc1ccc(NC(=O)CCCCCl)cc1OC. The number of rotatable bonds is 7. The van der Waals surface area contributed by atoms with Gasteiger partial charge in [-0.3, -0.25) is 4.79 Å². The van der Waals surface area contributed by atoms with Gasteiger partial charge in [-0.2, -0.15) is 0 Å². The number of halogens is 1. The van der Waals surface area contributed by atoms with Crippen LogP contribution in [0.1, 0.15) is 19.3 Å². The molecular formula is C13H18ClNO3. The van der Waals surface area contributed by atoms with E-state index in [4.69, 9.17) is 21.1 Å². The molecule has 0 atom stereocenters. The van der Waals surface area contributed by atoms with Gasteiger partial charge in [-0.05, 0) is 25.0 Å². The molecule has 0 aliphatic rings. The van der Waals surface area contributed by atoms with Gasteiger partial charge >= 0.3 is 0 Å². The summed E-state index contributed by atoms with van der Waals surface area (Å²) in [6.45, 7) is 0. The zero-order chi connectivity index (χ0) is 13.4. The molecule has 0 spiro atoms. The van der Waals surface area contributed by atoms with Crippen molar-refractivity contribution in [2.45, 2.75) is 19.3 Å². The van der Waals surface area contributed by atoms with Crippen LogP contribution in [0, 0.1) is 0 Å². The number of carbonyl (C=O) groups excluding carboxylic acids is 1. The van der Waals surface area contributed by atoms with E-state index in [1.165, 1.54) is 0 Å². The predicted molar refractivity (Wildman–Crippen MR) is 72.7 cm³/mol. The van der Waals surface area contributed by atoms with Gasteiger partial charge in [0.05, 0.1) is 14.2 Å². The number of benzene rings is 1. The molecule has 1 aromatic carbocycles. The fraction of sp³-hybridized carbons (Fsp3) is 0.462. The van der Waals surface area contributed by atoms with Crippen LogP contribution in [-0.4, -0.2) is 26.0 Å². The lowest BCUT2D eigenvalue weighted by Gasteiger charge is -2.10. The van der Waals surface area contributed by atoms with Gasteiger partial charge in [0.2, 0.25) is 5.91 Å². The fourth-order valence-corrected chi connectivity index (χ4v) is 1.71. The Balaban J connectivity index is 2.59. The second-order valence-corrected chi connectivity index (χ2v) is 4.14. The largest absolute Gasteiger partial charge is 0.493 e. The van der Waals surface area contributed by atoms with Crippen molar-refractivity contribution in [3.8, 4) is 11.5 Å². The topological polar surface area (TPSA) is 47.6 Å². The average molecular weight is 272 g/mol. The molecule has 0 saturated carbocycles. The van der Waals surface area contributed by atoms with Crippen LogP contribution in [0.25, 0.3) is 0 Å².